The second-order valence-corrected chi connectivity index (χ2v) is 7.26. The molecule has 1 aliphatic heterocycles. The van der Waals surface area contributed by atoms with Gasteiger partial charge in [-0.2, -0.15) is 0 Å². The summed E-state index contributed by atoms with van der Waals surface area (Å²) < 4.78 is 13.1. The van der Waals surface area contributed by atoms with Crippen molar-refractivity contribution in [2.45, 2.75) is 32.1 Å². The number of carboxylic acid groups (broad SMARTS) is 1. The van der Waals surface area contributed by atoms with Gasteiger partial charge in [-0.15, -0.1) is 0 Å². The summed E-state index contributed by atoms with van der Waals surface area (Å²) in [5, 5.41) is 9.80. The molecule has 1 heterocycles. The highest BCUT2D eigenvalue weighted by Gasteiger charge is 2.42. The van der Waals surface area contributed by atoms with E-state index in [0.29, 0.717) is 45.2 Å². The molecule has 1 amide bonds. The third kappa shape index (κ3) is 4.73. The first-order chi connectivity index (χ1) is 13.0. The number of amides is 1. The van der Waals surface area contributed by atoms with Crippen molar-refractivity contribution >= 4 is 11.9 Å². The van der Waals surface area contributed by atoms with Crippen LogP contribution in [0.1, 0.15) is 30.4 Å². The van der Waals surface area contributed by atoms with Crippen molar-refractivity contribution in [2.24, 2.45) is 5.41 Å². The molecule has 0 atom stereocenters. The molecule has 0 radical (unpaired) electrons. The lowest BCUT2D eigenvalue weighted by atomic mass is 9.73. The van der Waals surface area contributed by atoms with E-state index < -0.39 is 11.4 Å². The number of carbonyl (C=O) groups excluding carboxylic acids is 1. The van der Waals surface area contributed by atoms with Crippen molar-refractivity contribution in [3.63, 3.8) is 0 Å². The van der Waals surface area contributed by atoms with Crippen LogP contribution in [-0.2, 0) is 22.4 Å². The standard InChI is InChI=1S/C22H24FNO3/c23-19-9-6-18(7-10-19)16-22(21(26)27)12-14-24(15-13-22)20(25)11-8-17-4-2-1-3-5-17/h1-7,9-10H,8,11-16H2,(H,26,27). The van der Waals surface area contributed by atoms with E-state index in [1.54, 1.807) is 17.0 Å². The van der Waals surface area contributed by atoms with Crippen LogP contribution in [0.25, 0.3) is 0 Å². The number of benzene rings is 2. The molecule has 27 heavy (non-hydrogen) atoms. The van der Waals surface area contributed by atoms with Crippen LogP contribution in [0.15, 0.2) is 54.6 Å². The molecule has 4 nitrogen and oxygen atoms in total. The number of rotatable bonds is 6. The van der Waals surface area contributed by atoms with E-state index in [2.05, 4.69) is 0 Å². The largest absolute Gasteiger partial charge is 0.481 e. The Labute approximate surface area is 158 Å². The van der Waals surface area contributed by atoms with Gasteiger partial charge in [-0.05, 0) is 48.9 Å². The topological polar surface area (TPSA) is 57.6 Å². The van der Waals surface area contributed by atoms with Gasteiger partial charge in [0, 0.05) is 19.5 Å². The normalized spacial score (nSPS) is 16.1. The molecular weight excluding hydrogens is 345 g/mol. The number of halogens is 1. The Hall–Kier alpha value is -2.69. The molecule has 1 N–H and O–H groups in total. The van der Waals surface area contributed by atoms with Crippen molar-refractivity contribution in [1.82, 2.24) is 4.90 Å². The van der Waals surface area contributed by atoms with Crippen molar-refractivity contribution < 1.29 is 19.1 Å². The number of carbonyl (C=O) groups is 2. The van der Waals surface area contributed by atoms with Gasteiger partial charge in [0.25, 0.3) is 0 Å². The summed E-state index contributed by atoms with van der Waals surface area (Å²) >= 11 is 0. The molecule has 0 aromatic heterocycles. The zero-order valence-corrected chi connectivity index (χ0v) is 15.2. The number of carboxylic acids is 1. The molecule has 2 aromatic carbocycles. The summed E-state index contributed by atoms with van der Waals surface area (Å²) in [5.74, 6) is -1.11. The van der Waals surface area contributed by atoms with Crippen molar-refractivity contribution in [1.29, 1.82) is 0 Å². The molecule has 0 bridgehead atoms. The monoisotopic (exact) mass is 369 g/mol. The summed E-state index contributed by atoms with van der Waals surface area (Å²) in [6.07, 6.45) is 2.31. The lowest BCUT2D eigenvalue weighted by Gasteiger charge is -2.39. The van der Waals surface area contributed by atoms with Crippen molar-refractivity contribution in [2.75, 3.05) is 13.1 Å². The third-order valence-electron chi connectivity index (χ3n) is 5.45. The maximum atomic E-state index is 13.1. The molecule has 1 saturated heterocycles. The summed E-state index contributed by atoms with van der Waals surface area (Å²) in [4.78, 5) is 26.2. The molecule has 1 fully saturated rings. The Morgan fingerprint density at radius 1 is 0.963 bits per heavy atom. The highest BCUT2D eigenvalue weighted by Crippen LogP contribution is 2.36. The van der Waals surface area contributed by atoms with Gasteiger partial charge in [0.2, 0.25) is 5.91 Å². The second-order valence-electron chi connectivity index (χ2n) is 7.26. The van der Waals surface area contributed by atoms with E-state index in [9.17, 15) is 19.1 Å². The van der Waals surface area contributed by atoms with E-state index in [1.807, 2.05) is 30.3 Å². The van der Waals surface area contributed by atoms with E-state index in [1.165, 1.54) is 12.1 Å². The fourth-order valence-corrected chi connectivity index (χ4v) is 3.70. The minimum absolute atomic E-state index is 0.0691. The maximum absolute atomic E-state index is 13.1. The highest BCUT2D eigenvalue weighted by atomic mass is 19.1. The first kappa shape index (κ1) is 19.1. The van der Waals surface area contributed by atoms with Gasteiger partial charge < -0.3 is 10.0 Å². The predicted octanol–water partition coefficient (Wildman–Crippen LogP) is 3.69. The fraction of sp³-hybridized carbons (Fsp3) is 0.364. The molecule has 5 heteroatoms. The van der Waals surface area contributed by atoms with Crippen molar-refractivity contribution in [3.05, 3.63) is 71.5 Å². The summed E-state index contributed by atoms with van der Waals surface area (Å²) in [6, 6.07) is 15.8. The number of aryl methyl sites for hydroxylation is 1. The number of hydrogen-bond acceptors (Lipinski definition) is 2. The number of aliphatic carboxylic acids is 1. The van der Waals surface area contributed by atoms with Crippen LogP contribution in [-0.4, -0.2) is 35.0 Å². The van der Waals surface area contributed by atoms with Gasteiger partial charge in [-0.3, -0.25) is 9.59 Å². The zero-order valence-electron chi connectivity index (χ0n) is 15.2. The average molecular weight is 369 g/mol. The van der Waals surface area contributed by atoms with Crippen LogP contribution in [0, 0.1) is 11.2 Å². The number of likely N-dealkylation sites (tertiary alicyclic amines) is 1. The lowest BCUT2D eigenvalue weighted by Crippen LogP contribution is -2.47. The Bertz CT molecular complexity index is 781. The first-order valence-electron chi connectivity index (χ1n) is 9.28. The molecule has 142 valence electrons. The smallest absolute Gasteiger partial charge is 0.310 e. The van der Waals surface area contributed by atoms with Crippen molar-refractivity contribution in [3.8, 4) is 0 Å². The molecule has 0 spiro atoms. The SMILES string of the molecule is O=C(CCc1ccccc1)N1CCC(Cc2ccc(F)cc2)(C(=O)O)CC1. The Kier molecular flexibility index (Phi) is 5.89. The van der Waals surface area contributed by atoms with Crippen LogP contribution in [0.5, 0.6) is 0 Å². The van der Waals surface area contributed by atoms with Crippen LogP contribution in [0.2, 0.25) is 0 Å². The molecule has 1 aliphatic rings. The van der Waals surface area contributed by atoms with E-state index in [-0.39, 0.29) is 11.7 Å². The Morgan fingerprint density at radius 3 is 2.19 bits per heavy atom. The first-order valence-corrected chi connectivity index (χ1v) is 9.28. The lowest BCUT2D eigenvalue weighted by molar-refractivity contribution is -0.154. The van der Waals surface area contributed by atoms with E-state index >= 15 is 0 Å². The quantitative estimate of drug-likeness (QED) is 0.845. The van der Waals surface area contributed by atoms with Gasteiger partial charge in [-0.1, -0.05) is 42.5 Å². The molecular formula is C22H24FNO3. The van der Waals surface area contributed by atoms with E-state index in [0.717, 1.165) is 11.1 Å². The molecule has 0 unspecified atom stereocenters. The number of piperidine rings is 1. The maximum Gasteiger partial charge on any atom is 0.310 e. The Balaban J connectivity index is 1.58. The zero-order chi connectivity index (χ0) is 19.3. The van der Waals surface area contributed by atoms with Gasteiger partial charge in [0.15, 0.2) is 0 Å². The second kappa shape index (κ2) is 8.33. The van der Waals surface area contributed by atoms with Crippen LogP contribution < -0.4 is 0 Å². The highest BCUT2D eigenvalue weighted by molar-refractivity contribution is 5.78. The minimum Gasteiger partial charge on any atom is -0.481 e. The average Bonchev–Trinajstić information content (AvgIpc) is 2.69. The summed E-state index contributed by atoms with van der Waals surface area (Å²) in [5.41, 5.74) is 1.04. The van der Waals surface area contributed by atoms with Crippen LogP contribution in [0.3, 0.4) is 0 Å². The van der Waals surface area contributed by atoms with Crippen LogP contribution in [0.4, 0.5) is 4.39 Å². The van der Waals surface area contributed by atoms with Gasteiger partial charge in [0.05, 0.1) is 5.41 Å². The Morgan fingerprint density at radius 2 is 1.59 bits per heavy atom. The predicted molar refractivity (Wildman–Crippen MR) is 101 cm³/mol. The van der Waals surface area contributed by atoms with Gasteiger partial charge >= 0.3 is 5.97 Å². The third-order valence-corrected chi connectivity index (χ3v) is 5.45. The van der Waals surface area contributed by atoms with E-state index in [4.69, 9.17) is 0 Å². The summed E-state index contributed by atoms with van der Waals surface area (Å²) in [7, 11) is 0. The summed E-state index contributed by atoms with van der Waals surface area (Å²) in [6.45, 7) is 0.891. The molecule has 0 aliphatic carbocycles. The molecule has 3 rings (SSSR count). The number of hydrogen-bond donors (Lipinski definition) is 1. The van der Waals surface area contributed by atoms with Gasteiger partial charge in [0.1, 0.15) is 5.82 Å². The molecule has 2 aromatic rings. The molecule has 0 saturated carbocycles. The van der Waals surface area contributed by atoms with Gasteiger partial charge in [-0.25, -0.2) is 4.39 Å². The van der Waals surface area contributed by atoms with Crippen LogP contribution >= 0.6 is 0 Å². The number of nitrogens with zero attached hydrogens (tertiary/aromatic N) is 1. The minimum atomic E-state index is -0.895. The fourth-order valence-electron chi connectivity index (χ4n) is 3.70.